The highest BCUT2D eigenvalue weighted by atomic mass is 35.5. The van der Waals surface area contributed by atoms with Crippen LogP contribution in [0.1, 0.15) is 37.8 Å². The lowest BCUT2D eigenvalue weighted by Gasteiger charge is -2.16. The molecule has 1 aliphatic rings. The molecular weight excluding hydrogens is 222 g/mol. The van der Waals surface area contributed by atoms with Gasteiger partial charge < -0.3 is 10.5 Å². The van der Waals surface area contributed by atoms with Crippen LogP contribution in [0.4, 0.5) is 0 Å². The molecule has 0 bridgehead atoms. The standard InChI is InChI=1S/C13H18ClNO/c1-8(7-15)9-4-5-11-10(12(9)14)6-13(2,3)16-11/h4-5,8H,6-7,15H2,1-3H3. The SMILES string of the molecule is CC(CN)c1ccc2c(c1Cl)CC(C)(C)O2. The van der Waals surface area contributed by atoms with E-state index in [-0.39, 0.29) is 5.60 Å². The summed E-state index contributed by atoms with van der Waals surface area (Å²) in [5, 5.41) is 0.834. The molecule has 0 saturated heterocycles. The molecule has 88 valence electrons. The van der Waals surface area contributed by atoms with Crippen LogP contribution in [0.5, 0.6) is 5.75 Å². The lowest BCUT2D eigenvalue weighted by Crippen LogP contribution is -2.24. The summed E-state index contributed by atoms with van der Waals surface area (Å²) in [5.74, 6) is 1.21. The molecule has 0 amide bonds. The van der Waals surface area contributed by atoms with Gasteiger partial charge in [0.2, 0.25) is 0 Å². The van der Waals surface area contributed by atoms with E-state index >= 15 is 0 Å². The largest absolute Gasteiger partial charge is 0.487 e. The quantitative estimate of drug-likeness (QED) is 0.861. The average Bonchev–Trinajstić information content (AvgIpc) is 2.53. The van der Waals surface area contributed by atoms with Gasteiger partial charge in [0.25, 0.3) is 0 Å². The van der Waals surface area contributed by atoms with E-state index in [1.54, 1.807) is 0 Å². The van der Waals surface area contributed by atoms with Crippen LogP contribution in [0.3, 0.4) is 0 Å². The second-order valence-electron chi connectivity index (χ2n) is 5.12. The molecule has 0 saturated carbocycles. The zero-order valence-corrected chi connectivity index (χ0v) is 10.8. The monoisotopic (exact) mass is 239 g/mol. The number of hydrogen-bond donors (Lipinski definition) is 1. The Hall–Kier alpha value is -0.730. The third-order valence-corrected chi connectivity index (χ3v) is 3.55. The van der Waals surface area contributed by atoms with Crippen molar-refractivity contribution in [2.75, 3.05) is 6.54 Å². The first-order valence-electron chi connectivity index (χ1n) is 5.65. The minimum absolute atomic E-state index is 0.142. The number of rotatable bonds is 2. The van der Waals surface area contributed by atoms with Crippen molar-refractivity contribution in [3.63, 3.8) is 0 Å². The summed E-state index contributed by atoms with van der Waals surface area (Å²) < 4.78 is 5.83. The highest BCUT2D eigenvalue weighted by molar-refractivity contribution is 6.32. The van der Waals surface area contributed by atoms with Crippen LogP contribution < -0.4 is 10.5 Å². The molecule has 0 aromatic heterocycles. The van der Waals surface area contributed by atoms with Gasteiger partial charge in [0, 0.05) is 12.0 Å². The van der Waals surface area contributed by atoms with E-state index in [0.29, 0.717) is 12.5 Å². The number of benzene rings is 1. The van der Waals surface area contributed by atoms with Crippen molar-refractivity contribution in [2.45, 2.75) is 38.7 Å². The molecule has 3 heteroatoms. The fraction of sp³-hybridized carbons (Fsp3) is 0.538. The topological polar surface area (TPSA) is 35.2 Å². The van der Waals surface area contributed by atoms with Gasteiger partial charge in [-0.2, -0.15) is 0 Å². The fourth-order valence-corrected chi connectivity index (χ4v) is 2.56. The Bertz CT molecular complexity index is 415. The fourth-order valence-electron chi connectivity index (χ4n) is 2.15. The van der Waals surface area contributed by atoms with Crippen LogP contribution >= 0.6 is 11.6 Å². The molecule has 1 aliphatic heterocycles. The number of ether oxygens (including phenoxy) is 1. The van der Waals surface area contributed by atoms with Crippen LogP contribution in [-0.2, 0) is 6.42 Å². The molecule has 1 aromatic rings. The smallest absolute Gasteiger partial charge is 0.124 e. The van der Waals surface area contributed by atoms with Crippen molar-refractivity contribution in [1.82, 2.24) is 0 Å². The molecule has 16 heavy (non-hydrogen) atoms. The molecule has 1 heterocycles. The number of hydrogen-bond acceptors (Lipinski definition) is 2. The van der Waals surface area contributed by atoms with Gasteiger partial charge in [-0.1, -0.05) is 24.6 Å². The summed E-state index contributed by atoms with van der Waals surface area (Å²) in [6.45, 7) is 6.86. The Morgan fingerprint density at radius 1 is 1.50 bits per heavy atom. The number of nitrogens with two attached hydrogens (primary N) is 1. The summed E-state index contributed by atoms with van der Waals surface area (Å²) in [4.78, 5) is 0. The molecule has 2 N–H and O–H groups in total. The molecule has 1 atom stereocenters. The molecule has 2 rings (SSSR count). The van der Waals surface area contributed by atoms with Gasteiger partial charge in [0.1, 0.15) is 11.4 Å². The van der Waals surface area contributed by atoms with Crippen LogP contribution in [0, 0.1) is 0 Å². The Morgan fingerprint density at radius 3 is 2.81 bits per heavy atom. The lowest BCUT2D eigenvalue weighted by molar-refractivity contribution is 0.138. The summed E-state index contributed by atoms with van der Waals surface area (Å²) >= 11 is 6.42. The molecule has 0 spiro atoms. The van der Waals surface area contributed by atoms with Gasteiger partial charge in [-0.3, -0.25) is 0 Å². The Morgan fingerprint density at radius 2 is 2.19 bits per heavy atom. The third-order valence-electron chi connectivity index (χ3n) is 3.10. The third kappa shape index (κ3) is 1.92. The Kier molecular flexibility index (Phi) is 2.89. The van der Waals surface area contributed by atoms with E-state index in [0.717, 1.165) is 28.3 Å². The molecule has 0 radical (unpaired) electrons. The molecule has 2 nitrogen and oxygen atoms in total. The maximum Gasteiger partial charge on any atom is 0.124 e. The van der Waals surface area contributed by atoms with Crippen molar-refractivity contribution in [1.29, 1.82) is 0 Å². The van der Waals surface area contributed by atoms with Crippen LogP contribution in [0.15, 0.2) is 12.1 Å². The van der Waals surface area contributed by atoms with E-state index in [9.17, 15) is 0 Å². The van der Waals surface area contributed by atoms with Gasteiger partial charge in [-0.15, -0.1) is 0 Å². The van der Waals surface area contributed by atoms with E-state index in [4.69, 9.17) is 22.1 Å². The zero-order valence-electron chi connectivity index (χ0n) is 10.0. The van der Waals surface area contributed by atoms with Crippen molar-refractivity contribution in [3.05, 3.63) is 28.3 Å². The Labute approximate surface area is 102 Å². The number of halogens is 1. The molecular formula is C13H18ClNO. The minimum atomic E-state index is -0.142. The van der Waals surface area contributed by atoms with E-state index in [1.165, 1.54) is 0 Å². The van der Waals surface area contributed by atoms with Gasteiger partial charge in [0.15, 0.2) is 0 Å². The summed E-state index contributed by atoms with van der Waals surface area (Å²) in [6.07, 6.45) is 0.867. The zero-order chi connectivity index (χ0) is 11.9. The predicted octanol–water partition coefficient (Wildman–Crippen LogP) is 3.12. The van der Waals surface area contributed by atoms with Gasteiger partial charge in [-0.05, 0) is 37.9 Å². The van der Waals surface area contributed by atoms with Crippen molar-refractivity contribution >= 4 is 11.6 Å². The van der Waals surface area contributed by atoms with Crippen molar-refractivity contribution in [3.8, 4) is 5.75 Å². The lowest BCUT2D eigenvalue weighted by atomic mass is 9.95. The van der Waals surface area contributed by atoms with Crippen molar-refractivity contribution < 1.29 is 4.74 Å². The first-order valence-corrected chi connectivity index (χ1v) is 6.03. The summed E-state index contributed by atoms with van der Waals surface area (Å²) in [5.41, 5.74) is 7.80. The second kappa shape index (κ2) is 3.94. The Balaban J connectivity index is 2.44. The highest BCUT2D eigenvalue weighted by Gasteiger charge is 2.32. The van der Waals surface area contributed by atoms with E-state index in [2.05, 4.69) is 20.8 Å². The molecule has 1 unspecified atom stereocenters. The summed E-state index contributed by atoms with van der Waals surface area (Å²) in [7, 11) is 0. The second-order valence-corrected chi connectivity index (χ2v) is 5.50. The van der Waals surface area contributed by atoms with Gasteiger partial charge in [0.05, 0.1) is 5.02 Å². The van der Waals surface area contributed by atoms with Crippen LogP contribution in [0.25, 0.3) is 0 Å². The van der Waals surface area contributed by atoms with Crippen LogP contribution in [0.2, 0.25) is 5.02 Å². The highest BCUT2D eigenvalue weighted by Crippen LogP contribution is 2.42. The molecule has 1 aromatic carbocycles. The van der Waals surface area contributed by atoms with Gasteiger partial charge in [-0.25, -0.2) is 0 Å². The normalized spacial score (nSPS) is 19.1. The van der Waals surface area contributed by atoms with Crippen LogP contribution in [-0.4, -0.2) is 12.1 Å². The molecule has 0 fully saturated rings. The summed E-state index contributed by atoms with van der Waals surface area (Å²) in [6, 6.07) is 4.04. The van der Waals surface area contributed by atoms with E-state index < -0.39 is 0 Å². The number of fused-ring (bicyclic) bond motifs is 1. The maximum atomic E-state index is 6.42. The van der Waals surface area contributed by atoms with Gasteiger partial charge >= 0.3 is 0 Å². The first-order chi connectivity index (χ1) is 7.44. The van der Waals surface area contributed by atoms with Crippen molar-refractivity contribution in [2.24, 2.45) is 5.73 Å². The maximum absolute atomic E-state index is 6.42. The first kappa shape index (κ1) is 11.7. The predicted molar refractivity (Wildman–Crippen MR) is 67.3 cm³/mol. The average molecular weight is 240 g/mol. The minimum Gasteiger partial charge on any atom is -0.487 e. The molecule has 0 aliphatic carbocycles. The van der Waals surface area contributed by atoms with E-state index in [1.807, 2.05) is 12.1 Å².